The molecule has 1 aliphatic heterocycles. The van der Waals surface area contributed by atoms with Gasteiger partial charge in [-0.15, -0.1) is 0 Å². The van der Waals surface area contributed by atoms with E-state index in [-0.39, 0.29) is 18.4 Å². The third kappa shape index (κ3) is 4.90. The summed E-state index contributed by atoms with van der Waals surface area (Å²) >= 11 is 0. The zero-order valence-electron chi connectivity index (χ0n) is 13.8. The van der Waals surface area contributed by atoms with Gasteiger partial charge in [-0.25, -0.2) is 0 Å². The Kier molecular flexibility index (Phi) is 5.79. The van der Waals surface area contributed by atoms with Crippen LogP contribution in [0.15, 0.2) is 18.6 Å². The van der Waals surface area contributed by atoms with E-state index in [1.165, 1.54) is 0 Å². The van der Waals surface area contributed by atoms with Crippen molar-refractivity contribution in [1.82, 2.24) is 14.9 Å². The second-order valence-corrected chi connectivity index (χ2v) is 6.58. The fourth-order valence-corrected chi connectivity index (χ4v) is 2.77. The molecule has 0 spiro atoms. The van der Waals surface area contributed by atoms with Gasteiger partial charge in [-0.2, -0.15) is 13.2 Å². The van der Waals surface area contributed by atoms with Crippen molar-refractivity contribution in [2.45, 2.75) is 38.3 Å². The Morgan fingerprint density at radius 2 is 1.96 bits per heavy atom. The lowest BCUT2D eigenvalue weighted by molar-refractivity contribution is -0.177. The third-order valence-electron chi connectivity index (χ3n) is 4.26. The average molecular weight is 345 g/mol. The second-order valence-electron chi connectivity index (χ2n) is 6.58. The Balaban J connectivity index is 1.84. The van der Waals surface area contributed by atoms with E-state index in [1.54, 1.807) is 37.3 Å². The van der Waals surface area contributed by atoms with Gasteiger partial charge in [0.05, 0.1) is 11.1 Å². The van der Waals surface area contributed by atoms with E-state index in [2.05, 4.69) is 9.97 Å². The van der Waals surface area contributed by atoms with Crippen LogP contribution in [0.2, 0.25) is 0 Å². The van der Waals surface area contributed by atoms with E-state index < -0.39 is 18.2 Å². The van der Waals surface area contributed by atoms with Crippen LogP contribution >= 0.6 is 0 Å². The van der Waals surface area contributed by atoms with E-state index in [9.17, 15) is 18.0 Å². The zero-order chi connectivity index (χ0) is 17.8. The summed E-state index contributed by atoms with van der Waals surface area (Å²) in [5.41, 5.74) is -0.181. The average Bonchev–Trinajstić information content (AvgIpc) is 2.54. The molecule has 0 N–H and O–H groups in total. The number of carbonyl (C=O) groups is 1. The fourth-order valence-electron chi connectivity index (χ4n) is 2.77. The van der Waals surface area contributed by atoms with Gasteiger partial charge < -0.3 is 9.64 Å². The van der Waals surface area contributed by atoms with Gasteiger partial charge in [-0.1, -0.05) is 0 Å². The van der Waals surface area contributed by atoms with Gasteiger partial charge in [-0.3, -0.25) is 14.8 Å². The molecule has 1 saturated heterocycles. The summed E-state index contributed by atoms with van der Waals surface area (Å²) in [5, 5.41) is 0. The smallest absolute Gasteiger partial charge is 0.372 e. The van der Waals surface area contributed by atoms with Gasteiger partial charge in [0.2, 0.25) is 5.91 Å². The van der Waals surface area contributed by atoms with Crippen LogP contribution in [0, 0.1) is 5.92 Å². The number of piperidine rings is 1. The van der Waals surface area contributed by atoms with Crippen molar-refractivity contribution >= 4 is 5.91 Å². The normalized spacial score (nSPS) is 17.1. The van der Waals surface area contributed by atoms with E-state index in [0.717, 1.165) is 0 Å². The first-order chi connectivity index (χ1) is 11.2. The number of rotatable bonds is 5. The molecule has 2 rings (SSSR count). The van der Waals surface area contributed by atoms with Crippen LogP contribution in [0.4, 0.5) is 13.2 Å². The standard InChI is InChI=1S/C16H22F3N3O2/c1-15(2,13-9-20-5-6-21-13)14(23)22-7-3-12(4-8-22)10-24-11-16(17,18)19/h5-6,9,12H,3-4,7-8,10-11H2,1-2H3. The van der Waals surface area contributed by atoms with Crippen LogP contribution in [-0.2, 0) is 14.9 Å². The quantitative estimate of drug-likeness (QED) is 0.823. The first-order valence-electron chi connectivity index (χ1n) is 7.90. The molecule has 0 bridgehead atoms. The number of carbonyl (C=O) groups excluding carboxylic acids is 1. The number of hydrogen-bond donors (Lipinski definition) is 0. The predicted octanol–water partition coefficient (Wildman–Crippen LogP) is 2.57. The Morgan fingerprint density at radius 1 is 1.29 bits per heavy atom. The summed E-state index contributed by atoms with van der Waals surface area (Å²) in [7, 11) is 0. The number of ether oxygens (including phenoxy) is 1. The number of likely N-dealkylation sites (tertiary alicyclic amines) is 1. The van der Waals surface area contributed by atoms with Gasteiger partial charge in [-0.05, 0) is 32.6 Å². The molecule has 0 aliphatic carbocycles. The maximum atomic E-state index is 12.8. The molecule has 1 fully saturated rings. The van der Waals surface area contributed by atoms with Crippen LogP contribution in [0.3, 0.4) is 0 Å². The highest BCUT2D eigenvalue weighted by Crippen LogP contribution is 2.27. The molecule has 24 heavy (non-hydrogen) atoms. The molecule has 5 nitrogen and oxygen atoms in total. The molecule has 0 saturated carbocycles. The Bertz CT molecular complexity index is 541. The molecule has 1 aromatic heterocycles. The summed E-state index contributed by atoms with van der Waals surface area (Å²) in [5.74, 6) is 0.00805. The topological polar surface area (TPSA) is 55.3 Å². The maximum absolute atomic E-state index is 12.8. The van der Waals surface area contributed by atoms with E-state index >= 15 is 0 Å². The summed E-state index contributed by atoms with van der Waals surface area (Å²) in [6.45, 7) is 3.50. The monoisotopic (exact) mass is 345 g/mol. The molecular formula is C16H22F3N3O2. The van der Waals surface area contributed by atoms with Crippen LogP contribution in [-0.4, -0.2) is 53.3 Å². The van der Waals surface area contributed by atoms with Gasteiger partial charge in [0.1, 0.15) is 6.61 Å². The van der Waals surface area contributed by atoms with Gasteiger partial charge in [0, 0.05) is 38.3 Å². The van der Waals surface area contributed by atoms with Crippen LogP contribution in [0.5, 0.6) is 0 Å². The molecule has 1 aromatic rings. The van der Waals surface area contributed by atoms with Gasteiger partial charge in [0.15, 0.2) is 0 Å². The Morgan fingerprint density at radius 3 is 2.50 bits per heavy atom. The largest absolute Gasteiger partial charge is 0.411 e. The summed E-state index contributed by atoms with van der Waals surface area (Å²) < 4.78 is 41.0. The van der Waals surface area contributed by atoms with Crippen molar-refractivity contribution in [3.05, 3.63) is 24.3 Å². The molecule has 8 heteroatoms. The number of halogens is 3. The molecule has 1 aliphatic rings. The van der Waals surface area contributed by atoms with E-state index in [1.807, 2.05) is 0 Å². The summed E-state index contributed by atoms with van der Waals surface area (Å²) in [6, 6.07) is 0. The molecule has 0 atom stereocenters. The SMILES string of the molecule is CC(C)(C(=O)N1CCC(COCC(F)(F)F)CC1)c1cnccn1. The molecule has 0 unspecified atom stereocenters. The van der Waals surface area contributed by atoms with Crippen molar-refractivity contribution in [3.8, 4) is 0 Å². The molecular weight excluding hydrogens is 323 g/mol. The van der Waals surface area contributed by atoms with E-state index in [4.69, 9.17) is 4.74 Å². The summed E-state index contributed by atoms with van der Waals surface area (Å²) in [4.78, 5) is 22.7. The minimum atomic E-state index is -4.29. The van der Waals surface area contributed by atoms with Crippen molar-refractivity contribution in [2.75, 3.05) is 26.3 Å². The molecule has 2 heterocycles. The molecule has 0 aromatic carbocycles. The van der Waals surface area contributed by atoms with Crippen molar-refractivity contribution < 1.29 is 22.7 Å². The second kappa shape index (κ2) is 7.46. The van der Waals surface area contributed by atoms with E-state index in [0.29, 0.717) is 31.6 Å². The highest BCUT2D eigenvalue weighted by atomic mass is 19.4. The van der Waals surface area contributed by atoms with Gasteiger partial charge in [0.25, 0.3) is 0 Å². The highest BCUT2D eigenvalue weighted by Gasteiger charge is 2.37. The maximum Gasteiger partial charge on any atom is 0.411 e. The number of nitrogens with zero attached hydrogens (tertiary/aromatic N) is 3. The Hall–Kier alpha value is -1.70. The molecule has 134 valence electrons. The van der Waals surface area contributed by atoms with Crippen molar-refractivity contribution in [2.24, 2.45) is 5.92 Å². The van der Waals surface area contributed by atoms with Gasteiger partial charge >= 0.3 is 6.18 Å². The zero-order valence-corrected chi connectivity index (χ0v) is 13.8. The van der Waals surface area contributed by atoms with Crippen molar-refractivity contribution in [1.29, 1.82) is 0 Å². The Labute approximate surface area is 139 Å². The minimum absolute atomic E-state index is 0.0438. The minimum Gasteiger partial charge on any atom is -0.372 e. The predicted molar refractivity (Wildman–Crippen MR) is 81.2 cm³/mol. The highest BCUT2D eigenvalue weighted by molar-refractivity contribution is 5.86. The number of aromatic nitrogens is 2. The summed E-state index contributed by atoms with van der Waals surface area (Å²) in [6.07, 6.45) is 1.67. The number of hydrogen-bond acceptors (Lipinski definition) is 4. The number of alkyl halides is 3. The first kappa shape index (κ1) is 18.6. The molecule has 0 radical (unpaired) electrons. The van der Waals surface area contributed by atoms with Crippen LogP contribution < -0.4 is 0 Å². The fraction of sp³-hybridized carbons (Fsp3) is 0.688. The third-order valence-corrected chi connectivity index (χ3v) is 4.26. The van der Waals surface area contributed by atoms with Crippen LogP contribution in [0.25, 0.3) is 0 Å². The van der Waals surface area contributed by atoms with Crippen LogP contribution in [0.1, 0.15) is 32.4 Å². The lowest BCUT2D eigenvalue weighted by atomic mass is 9.86. The van der Waals surface area contributed by atoms with Crippen molar-refractivity contribution in [3.63, 3.8) is 0 Å². The first-order valence-corrected chi connectivity index (χ1v) is 7.90. The lowest BCUT2D eigenvalue weighted by Gasteiger charge is -2.36. The number of amides is 1. The lowest BCUT2D eigenvalue weighted by Crippen LogP contribution is -2.47. The molecule has 1 amide bonds.